The second-order valence-corrected chi connectivity index (χ2v) is 7.71. The van der Waals surface area contributed by atoms with Crippen molar-refractivity contribution >= 4 is 0 Å². The second-order valence-electron chi connectivity index (χ2n) is 7.71. The highest BCUT2D eigenvalue weighted by Crippen LogP contribution is 2.53. The van der Waals surface area contributed by atoms with Crippen LogP contribution in [-0.4, -0.2) is 25.0 Å². The third-order valence-electron chi connectivity index (χ3n) is 6.33. The highest BCUT2D eigenvalue weighted by atomic mass is 15.1. The van der Waals surface area contributed by atoms with Gasteiger partial charge in [-0.05, 0) is 72.5 Å². The Balaban J connectivity index is 1.80. The van der Waals surface area contributed by atoms with Crippen LogP contribution in [0.15, 0.2) is 42.5 Å². The smallest absolute Gasteiger partial charge is 0.0139 e. The molecule has 4 rings (SSSR count). The maximum atomic E-state index is 2.53. The fraction of sp³-hybridized carbons (Fsp3) is 0.478. The van der Waals surface area contributed by atoms with Crippen LogP contribution >= 0.6 is 0 Å². The molecule has 0 bridgehead atoms. The van der Waals surface area contributed by atoms with Crippen LogP contribution in [0.4, 0.5) is 0 Å². The third-order valence-corrected chi connectivity index (χ3v) is 6.33. The van der Waals surface area contributed by atoms with Gasteiger partial charge in [-0.3, -0.25) is 0 Å². The number of piperidine rings is 1. The fourth-order valence-electron chi connectivity index (χ4n) is 4.95. The zero-order valence-corrected chi connectivity index (χ0v) is 15.3. The largest absolute Gasteiger partial charge is 0.306 e. The molecule has 0 saturated carbocycles. The first-order valence-electron chi connectivity index (χ1n) is 9.61. The van der Waals surface area contributed by atoms with Crippen LogP contribution in [0.1, 0.15) is 59.9 Å². The molecule has 2 aliphatic rings. The van der Waals surface area contributed by atoms with E-state index in [1.165, 1.54) is 36.2 Å². The molecule has 0 spiro atoms. The maximum absolute atomic E-state index is 2.53. The second kappa shape index (κ2) is 6.37. The first-order valence-corrected chi connectivity index (χ1v) is 9.61. The van der Waals surface area contributed by atoms with Gasteiger partial charge in [-0.15, -0.1) is 0 Å². The van der Waals surface area contributed by atoms with Crippen LogP contribution in [0, 0.1) is 5.92 Å². The van der Waals surface area contributed by atoms with E-state index < -0.39 is 0 Å². The summed E-state index contributed by atoms with van der Waals surface area (Å²) >= 11 is 0. The highest BCUT2D eigenvalue weighted by Gasteiger charge is 2.43. The molecule has 1 fully saturated rings. The number of likely N-dealkylation sites (tertiary alicyclic amines) is 1. The van der Waals surface area contributed by atoms with Crippen LogP contribution < -0.4 is 0 Å². The summed E-state index contributed by atoms with van der Waals surface area (Å²) < 4.78 is 0. The lowest BCUT2D eigenvalue weighted by molar-refractivity contribution is 0.184. The molecule has 0 aromatic heterocycles. The number of benzene rings is 2. The predicted molar refractivity (Wildman–Crippen MR) is 102 cm³/mol. The van der Waals surface area contributed by atoms with E-state index in [1.54, 1.807) is 11.1 Å². The monoisotopic (exact) mass is 319 g/mol. The number of hydrogen-bond donors (Lipinski definition) is 0. The Kier molecular flexibility index (Phi) is 4.22. The van der Waals surface area contributed by atoms with Gasteiger partial charge in [0.1, 0.15) is 0 Å². The quantitative estimate of drug-likeness (QED) is 0.770. The Morgan fingerprint density at radius 3 is 2.33 bits per heavy atom. The minimum Gasteiger partial charge on any atom is -0.306 e. The van der Waals surface area contributed by atoms with E-state index in [1.807, 2.05) is 0 Å². The normalized spacial score (nSPS) is 26.2. The zero-order valence-electron chi connectivity index (χ0n) is 15.3. The number of nitrogens with zero attached hydrogens (tertiary/aromatic N) is 1. The van der Waals surface area contributed by atoms with Gasteiger partial charge in [0.25, 0.3) is 0 Å². The third kappa shape index (κ3) is 2.59. The van der Waals surface area contributed by atoms with E-state index in [2.05, 4.69) is 68.3 Å². The van der Waals surface area contributed by atoms with Gasteiger partial charge in [0, 0.05) is 12.5 Å². The summed E-state index contributed by atoms with van der Waals surface area (Å²) in [5.74, 6) is 2.06. The summed E-state index contributed by atoms with van der Waals surface area (Å²) in [5, 5.41) is 0. The van der Waals surface area contributed by atoms with Gasteiger partial charge >= 0.3 is 0 Å². The van der Waals surface area contributed by atoms with Crippen LogP contribution in [0.3, 0.4) is 0 Å². The molecular formula is C23H29N. The van der Waals surface area contributed by atoms with Crippen molar-refractivity contribution in [2.45, 2.75) is 44.9 Å². The van der Waals surface area contributed by atoms with Crippen LogP contribution in [-0.2, 0) is 12.8 Å². The molecule has 1 heteroatoms. The molecule has 3 unspecified atom stereocenters. The van der Waals surface area contributed by atoms with E-state index in [4.69, 9.17) is 0 Å². The molecule has 1 heterocycles. The summed E-state index contributed by atoms with van der Waals surface area (Å²) in [5.41, 5.74) is 7.69. The summed E-state index contributed by atoms with van der Waals surface area (Å²) in [7, 11) is 2.29. The Morgan fingerprint density at radius 1 is 0.917 bits per heavy atom. The molecule has 24 heavy (non-hydrogen) atoms. The fourth-order valence-corrected chi connectivity index (χ4v) is 4.95. The molecule has 1 aliphatic carbocycles. The molecular weight excluding hydrogens is 290 g/mol. The first kappa shape index (κ1) is 15.9. The van der Waals surface area contributed by atoms with Crippen molar-refractivity contribution in [1.29, 1.82) is 0 Å². The van der Waals surface area contributed by atoms with Gasteiger partial charge in [0.15, 0.2) is 0 Å². The lowest BCUT2D eigenvalue weighted by Gasteiger charge is -2.35. The molecule has 1 aliphatic heterocycles. The molecule has 2 aromatic rings. The summed E-state index contributed by atoms with van der Waals surface area (Å²) in [6.07, 6.45) is 3.56. The van der Waals surface area contributed by atoms with Crippen molar-refractivity contribution in [3.05, 3.63) is 70.3 Å². The predicted octanol–water partition coefficient (Wildman–Crippen LogP) is 4.99. The topological polar surface area (TPSA) is 3.24 Å². The molecule has 1 saturated heterocycles. The summed E-state index contributed by atoms with van der Waals surface area (Å²) in [6.45, 7) is 6.96. The van der Waals surface area contributed by atoms with E-state index in [0.29, 0.717) is 5.92 Å². The minimum absolute atomic E-state index is 0.574. The van der Waals surface area contributed by atoms with Crippen molar-refractivity contribution in [1.82, 2.24) is 4.90 Å². The standard InChI is InChI=1S/C23H29N/c1-4-16-6-9-18(10-7-16)23-21-14-17(5-2)8-11-19(21)20-12-13-24(3)15-22(20)23/h6-11,14,20,22-23H,4-5,12-13,15H2,1-3H3. The molecule has 3 atom stereocenters. The lowest BCUT2D eigenvalue weighted by Crippen LogP contribution is -2.36. The van der Waals surface area contributed by atoms with Crippen molar-refractivity contribution < 1.29 is 0 Å². The van der Waals surface area contributed by atoms with Crippen molar-refractivity contribution in [2.24, 2.45) is 5.92 Å². The molecule has 0 radical (unpaired) electrons. The van der Waals surface area contributed by atoms with Crippen LogP contribution in [0.25, 0.3) is 0 Å². The average molecular weight is 319 g/mol. The molecule has 2 aromatic carbocycles. The van der Waals surface area contributed by atoms with Gasteiger partial charge in [0.2, 0.25) is 0 Å². The Morgan fingerprint density at radius 2 is 1.62 bits per heavy atom. The number of fused-ring (bicyclic) bond motifs is 3. The zero-order chi connectivity index (χ0) is 16.7. The van der Waals surface area contributed by atoms with E-state index >= 15 is 0 Å². The SMILES string of the molecule is CCc1ccc(C2c3cc(CC)ccc3C3CCN(C)CC32)cc1. The van der Waals surface area contributed by atoms with Gasteiger partial charge in [-0.25, -0.2) is 0 Å². The van der Waals surface area contributed by atoms with E-state index in [9.17, 15) is 0 Å². The number of rotatable bonds is 3. The summed E-state index contributed by atoms with van der Waals surface area (Å²) in [4.78, 5) is 2.53. The number of aryl methyl sites for hydroxylation is 2. The van der Waals surface area contributed by atoms with Gasteiger partial charge < -0.3 is 4.90 Å². The van der Waals surface area contributed by atoms with Gasteiger partial charge in [-0.2, -0.15) is 0 Å². The maximum Gasteiger partial charge on any atom is 0.0139 e. The summed E-state index contributed by atoms with van der Waals surface area (Å²) in [6, 6.07) is 16.8. The number of hydrogen-bond acceptors (Lipinski definition) is 1. The van der Waals surface area contributed by atoms with Crippen LogP contribution in [0.2, 0.25) is 0 Å². The highest BCUT2D eigenvalue weighted by molar-refractivity contribution is 5.49. The van der Waals surface area contributed by atoms with Gasteiger partial charge in [0.05, 0.1) is 0 Å². The van der Waals surface area contributed by atoms with Crippen LogP contribution in [0.5, 0.6) is 0 Å². The lowest BCUT2D eigenvalue weighted by atomic mass is 9.79. The van der Waals surface area contributed by atoms with Crippen molar-refractivity contribution in [2.75, 3.05) is 20.1 Å². The molecule has 0 N–H and O–H groups in total. The Labute approximate surface area is 146 Å². The van der Waals surface area contributed by atoms with Gasteiger partial charge in [-0.1, -0.05) is 56.3 Å². The van der Waals surface area contributed by atoms with E-state index in [-0.39, 0.29) is 0 Å². The Bertz CT molecular complexity index is 715. The molecule has 1 nitrogen and oxygen atoms in total. The molecule has 0 amide bonds. The van der Waals surface area contributed by atoms with Crippen molar-refractivity contribution in [3.8, 4) is 0 Å². The average Bonchev–Trinajstić information content (AvgIpc) is 2.94. The molecule has 126 valence electrons. The Hall–Kier alpha value is -1.60. The minimum atomic E-state index is 0.574. The van der Waals surface area contributed by atoms with E-state index in [0.717, 1.165) is 24.7 Å². The van der Waals surface area contributed by atoms with Crippen molar-refractivity contribution in [3.63, 3.8) is 0 Å². The first-order chi connectivity index (χ1) is 11.7.